The zero-order chi connectivity index (χ0) is 26.5. The van der Waals surface area contributed by atoms with Crippen LogP contribution in [0.5, 0.6) is 0 Å². The number of hydrogen-bond acceptors (Lipinski definition) is 13. The Hall–Kier alpha value is -3.77. The van der Waals surface area contributed by atoms with Gasteiger partial charge in [0.05, 0.1) is 6.54 Å². The number of anilines is 1. The van der Waals surface area contributed by atoms with Crippen LogP contribution >= 0.6 is 34.9 Å². The molecule has 2 aromatic rings. The number of fused-ring (bicyclic) bond motifs is 1. The van der Waals surface area contributed by atoms with Crippen molar-refractivity contribution in [3.63, 3.8) is 0 Å². The van der Waals surface area contributed by atoms with Crippen LogP contribution in [0.25, 0.3) is 0 Å². The van der Waals surface area contributed by atoms with Crippen LogP contribution in [0.2, 0.25) is 0 Å². The lowest BCUT2D eigenvalue weighted by atomic mass is 10.0. The van der Waals surface area contributed by atoms with Crippen molar-refractivity contribution in [2.24, 2.45) is 5.16 Å². The lowest BCUT2D eigenvalue weighted by molar-refractivity contribution is -0.150. The SMILES string of the molecule is C=CCn1nnnc1SCC1=C(C(=O)O)N2C(=O)C(NC(=O)C(=NOC)c3csc(NC=O)n3)[C@@H]2SC1. The van der Waals surface area contributed by atoms with E-state index >= 15 is 0 Å². The Balaban J connectivity index is 1.48. The fraction of sp³-hybridized carbons (Fsp3) is 0.316. The number of thioether (sulfide) groups is 2. The van der Waals surface area contributed by atoms with Gasteiger partial charge in [0.1, 0.15) is 29.9 Å². The number of tetrazole rings is 1. The van der Waals surface area contributed by atoms with Crippen LogP contribution in [0.15, 0.2) is 39.6 Å². The summed E-state index contributed by atoms with van der Waals surface area (Å²) in [5, 5.41) is 31.6. The first-order chi connectivity index (χ1) is 17.9. The molecule has 1 saturated heterocycles. The predicted octanol–water partition coefficient (Wildman–Crippen LogP) is -0.235. The van der Waals surface area contributed by atoms with E-state index in [4.69, 9.17) is 4.84 Å². The van der Waals surface area contributed by atoms with Crippen molar-refractivity contribution in [3.05, 3.63) is 35.0 Å². The molecular formula is C19H19N9O6S3. The molecule has 0 saturated carbocycles. The minimum absolute atomic E-state index is 0.121. The number of carboxylic acid groups (broad SMARTS) is 1. The number of aliphatic carboxylic acids is 1. The summed E-state index contributed by atoms with van der Waals surface area (Å²) >= 11 is 3.65. The molecule has 0 aliphatic carbocycles. The van der Waals surface area contributed by atoms with E-state index in [0.29, 0.717) is 29.4 Å². The molecule has 18 heteroatoms. The summed E-state index contributed by atoms with van der Waals surface area (Å²) in [4.78, 5) is 58.7. The van der Waals surface area contributed by atoms with Crippen molar-refractivity contribution >= 4 is 69.9 Å². The quantitative estimate of drug-likeness (QED) is 0.0765. The summed E-state index contributed by atoms with van der Waals surface area (Å²) in [6, 6.07) is -0.978. The normalized spacial score (nSPS) is 19.1. The van der Waals surface area contributed by atoms with E-state index in [2.05, 4.69) is 42.9 Å². The Bertz CT molecular complexity index is 1310. The molecule has 15 nitrogen and oxygen atoms in total. The van der Waals surface area contributed by atoms with Gasteiger partial charge in [0.25, 0.3) is 11.8 Å². The smallest absolute Gasteiger partial charge is 0.352 e. The molecule has 194 valence electrons. The van der Waals surface area contributed by atoms with E-state index in [0.717, 1.165) is 11.3 Å². The molecule has 2 aliphatic heterocycles. The second-order valence-electron chi connectivity index (χ2n) is 7.26. The summed E-state index contributed by atoms with van der Waals surface area (Å²) in [6.45, 7) is 4.04. The van der Waals surface area contributed by atoms with Gasteiger partial charge in [0, 0.05) is 16.9 Å². The van der Waals surface area contributed by atoms with Crippen LogP contribution in [0.1, 0.15) is 5.69 Å². The van der Waals surface area contributed by atoms with Gasteiger partial charge in [-0.1, -0.05) is 23.0 Å². The molecule has 1 fully saturated rings. The summed E-state index contributed by atoms with van der Waals surface area (Å²) in [7, 11) is 1.25. The third kappa shape index (κ3) is 5.35. The van der Waals surface area contributed by atoms with Gasteiger partial charge in [-0.2, -0.15) is 0 Å². The zero-order valence-electron chi connectivity index (χ0n) is 19.1. The van der Waals surface area contributed by atoms with Gasteiger partial charge < -0.3 is 20.6 Å². The van der Waals surface area contributed by atoms with Gasteiger partial charge in [-0.3, -0.25) is 19.3 Å². The monoisotopic (exact) mass is 565 g/mol. The number of hydrogen-bond donors (Lipinski definition) is 3. The minimum atomic E-state index is -1.25. The molecule has 3 N–H and O–H groups in total. The zero-order valence-corrected chi connectivity index (χ0v) is 21.5. The number of carboxylic acids is 1. The van der Waals surface area contributed by atoms with Crippen LogP contribution in [0.3, 0.4) is 0 Å². The van der Waals surface area contributed by atoms with Crippen molar-refractivity contribution in [2.45, 2.75) is 23.1 Å². The molecule has 0 bridgehead atoms. The van der Waals surface area contributed by atoms with E-state index in [9.17, 15) is 24.3 Å². The lowest BCUT2D eigenvalue weighted by Crippen LogP contribution is -2.71. The number of rotatable bonds is 12. The van der Waals surface area contributed by atoms with Crippen LogP contribution in [0, 0.1) is 0 Å². The Kier molecular flexibility index (Phi) is 8.19. The number of aromatic nitrogens is 5. The highest BCUT2D eigenvalue weighted by atomic mass is 32.2. The standard InChI is InChI=1S/C19H19N9O6S3/c1-3-4-27-19(23-25-26-27)37-6-9-5-35-16-12(15(31)28(16)13(9)17(32)33)22-14(30)11(24-34-2)10-7-36-18(21-10)20-8-29/h3,7-8,12,16H,1,4-6H2,2H3,(H,22,30)(H,32,33)(H,20,21,29)/t12?,16-/m0/s1. The first-order valence-corrected chi connectivity index (χ1v) is 13.3. The number of nitrogens with zero attached hydrogens (tertiary/aromatic N) is 7. The highest BCUT2D eigenvalue weighted by molar-refractivity contribution is 8.01. The number of carbonyl (C=O) groups is 4. The van der Waals surface area contributed by atoms with E-state index < -0.39 is 29.2 Å². The van der Waals surface area contributed by atoms with Gasteiger partial charge in [-0.25, -0.2) is 14.5 Å². The van der Waals surface area contributed by atoms with Gasteiger partial charge in [0.2, 0.25) is 11.6 Å². The van der Waals surface area contributed by atoms with E-state index in [1.54, 1.807) is 6.08 Å². The average Bonchev–Trinajstić information content (AvgIpc) is 3.53. The molecule has 0 spiro atoms. The van der Waals surface area contributed by atoms with Crippen LogP contribution in [-0.2, 0) is 30.6 Å². The largest absolute Gasteiger partial charge is 0.477 e. The Morgan fingerprint density at radius 2 is 2.27 bits per heavy atom. The van der Waals surface area contributed by atoms with Crippen molar-refractivity contribution in [3.8, 4) is 0 Å². The first-order valence-electron chi connectivity index (χ1n) is 10.4. The molecule has 0 radical (unpaired) electrons. The van der Waals surface area contributed by atoms with E-state index in [1.807, 2.05) is 0 Å². The number of β-lactam (4-membered cyclic amide) rings is 1. The highest BCUT2D eigenvalue weighted by Crippen LogP contribution is 2.41. The fourth-order valence-corrected chi connectivity index (χ4v) is 6.51. The summed E-state index contributed by atoms with van der Waals surface area (Å²) in [6.07, 6.45) is 2.08. The van der Waals surface area contributed by atoms with Gasteiger partial charge in [0.15, 0.2) is 10.8 Å². The second-order valence-corrected chi connectivity index (χ2v) is 10.2. The first kappa shape index (κ1) is 26.3. The van der Waals surface area contributed by atoms with Crippen molar-refractivity contribution in [2.75, 3.05) is 23.9 Å². The number of carbonyl (C=O) groups excluding carboxylic acids is 3. The maximum atomic E-state index is 13.0. The molecule has 2 aromatic heterocycles. The minimum Gasteiger partial charge on any atom is -0.477 e. The summed E-state index contributed by atoms with van der Waals surface area (Å²) in [5.41, 5.74) is 0.347. The van der Waals surface area contributed by atoms with Crippen molar-refractivity contribution in [1.29, 1.82) is 0 Å². The topological polar surface area (TPSA) is 194 Å². The fourth-order valence-electron chi connectivity index (χ4n) is 3.49. The van der Waals surface area contributed by atoms with Crippen molar-refractivity contribution < 1.29 is 29.1 Å². The predicted molar refractivity (Wildman–Crippen MR) is 134 cm³/mol. The number of allylic oxidation sites excluding steroid dienone is 1. The Morgan fingerprint density at radius 3 is 2.97 bits per heavy atom. The van der Waals surface area contributed by atoms with Gasteiger partial charge in [-0.15, -0.1) is 34.8 Å². The molecule has 3 amide bonds. The Morgan fingerprint density at radius 1 is 1.46 bits per heavy atom. The van der Waals surface area contributed by atoms with Crippen LogP contribution in [0.4, 0.5) is 5.13 Å². The second kappa shape index (κ2) is 11.5. The van der Waals surface area contributed by atoms with Crippen LogP contribution in [-0.4, -0.2) is 95.1 Å². The third-order valence-electron chi connectivity index (χ3n) is 5.04. The van der Waals surface area contributed by atoms with Crippen LogP contribution < -0.4 is 10.6 Å². The van der Waals surface area contributed by atoms with E-state index in [-0.39, 0.29) is 28.0 Å². The lowest BCUT2D eigenvalue weighted by Gasteiger charge is -2.49. The number of oxime groups is 1. The van der Waals surface area contributed by atoms with E-state index in [1.165, 1.54) is 45.6 Å². The molecule has 2 atom stereocenters. The number of amides is 3. The summed E-state index contributed by atoms with van der Waals surface area (Å²) in [5.74, 6) is -1.97. The molecule has 37 heavy (non-hydrogen) atoms. The molecular weight excluding hydrogens is 546 g/mol. The van der Waals surface area contributed by atoms with Crippen molar-refractivity contribution in [1.82, 2.24) is 35.4 Å². The average molecular weight is 566 g/mol. The molecule has 1 unspecified atom stereocenters. The molecule has 0 aromatic carbocycles. The maximum Gasteiger partial charge on any atom is 0.352 e. The molecule has 4 rings (SSSR count). The maximum absolute atomic E-state index is 13.0. The van der Waals surface area contributed by atoms with Gasteiger partial charge >= 0.3 is 5.97 Å². The number of nitrogens with one attached hydrogen (secondary N) is 2. The Labute approximate surface area is 221 Å². The highest BCUT2D eigenvalue weighted by Gasteiger charge is 2.54. The molecule has 2 aliphatic rings. The third-order valence-corrected chi connectivity index (χ3v) is 8.20. The van der Waals surface area contributed by atoms with Gasteiger partial charge in [-0.05, 0) is 16.0 Å². The molecule has 4 heterocycles. The summed E-state index contributed by atoms with van der Waals surface area (Å²) < 4.78 is 1.53. The number of thiazole rings is 1.